The largest absolute Gasteiger partial charge is 0.493 e. The van der Waals surface area contributed by atoms with Crippen LogP contribution in [-0.4, -0.2) is 34.2 Å². The molecule has 4 rings (SSSR count). The van der Waals surface area contributed by atoms with E-state index in [1.165, 1.54) is 24.1 Å². The predicted octanol–water partition coefficient (Wildman–Crippen LogP) is 5.46. The fraction of sp³-hybridized carbons (Fsp3) is 0.125. The van der Waals surface area contributed by atoms with E-state index in [2.05, 4.69) is 0 Å². The number of amides is 2. The molecular weight excluding hydrogens is 482 g/mol. The standard InChI is InChI=1S/C24H18ClNO7S/c1-31-20-10-15(4-8-18(20)32-13-17-7-9-19(33-17)23(28)29)11-21-22(27)26(24(30)34-21)12-14-2-5-16(25)6-3-14/h2-11H,12-13H2,1H3,(H,28,29)/b21-11-. The molecule has 8 nitrogen and oxygen atoms in total. The molecule has 0 radical (unpaired) electrons. The summed E-state index contributed by atoms with van der Waals surface area (Å²) in [7, 11) is 1.47. The molecular formula is C24H18ClNO7S. The number of carboxylic acids is 1. The van der Waals surface area contributed by atoms with Gasteiger partial charge in [0.25, 0.3) is 11.1 Å². The molecule has 1 saturated heterocycles. The van der Waals surface area contributed by atoms with Gasteiger partial charge in [-0.05, 0) is 65.4 Å². The van der Waals surface area contributed by atoms with Crippen LogP contribution in [-0.2, 0) is 17.9 Å². The van der Waals surface area contributed by atoms with Gasteiger partial charge in [-0.1, -0.05) is 29.8 Å². The van der Waals surface area contributed by atoms with Crippen molar-refractivity contribution < 1.29 is 33.4 Å². The highest BCUT2D eigenvalue weighted by Crippen LogP contribution is 2.35. The molecule has 34 heavy (non-hydrogen) atoms. The first-order chi connectivity index (χ1) is 16.3. The topological polar surface area (TPSA) is 106 Å². The molecule has 2 heterocycles. The maximum atomic E-state index is 12.8. The van der Waals surface area contributed by atoms with Crippen molar-refractivity contribution in [2.75, 3.05) is 7.11 Å². The summed E-state index contributed by atoms with van der Waals surface area (Å²) < 4.78 is 16.2. The lowest BCUT2D eigenvalue weighted by atomic mass is 10.1. The van der Waals surface area contributed by atoms with Crippen molar-refractivity contribution in [3.8, 4) is 11.5 Å². The number of nitrogens with zero attached hydrogens (tertiary/aromatic N) is 1. The Morgan fingerprint density at radius 2 is 1.88 bits per heavy atom. The SMILES string of the molecule is COc1cc(/C=C2\SC(=O)N(Cc3ccc(Cl)cc3)C2=O)ccc1OCc1ccc(C(=O)O)o1. The van der Waals surface area contributed by atoms with Crippen molar-refractivity contribution in [1.82, 2.24) is 4.90 Å². The van der Waals surface area contributed by atoms with Crippen LogP contribution in [0.5, 0.6) is 11.5 Å². The van der Waals surface area contributed by atoms with E-state index >= 15 is 0 Å². The number of carboxylic acid groups (broad SMARTS) is 1. The molecule has 3 aromatic rings. The molecule has 174 valence electrons. The van der Waals surface area contributed by atoms with E-state index in [1.54, 1.807) is 48.5 Å². The van der Waals surface area contributed by atoms with E-state index < -0.39 is 5.97 Å². The van der Waals surface area contributed by atoms with E-state index in [-0.39, 0.29) is 30.1 Å². The number of methoxy groups -OCH3 is 1. The second-order valence-corrected chi connectivity index (χ2v) is 8.59. The molecule has 2 aromatic carbocycles. The van der Waals surface area contributed by atoms with Crippen LogP contribution in [0, 0.1) is 0 Å². The smallest absolute Gasteiger partial charge is 0.371 e. The summed E-state index contributed by atoms with van der Waals surface area (Å²) in [4.78, 5) is 37.6. The summed E-state index contributed by atoms with van der Waals surface area (Å²) in [6, 6.07) is 14.9. The van der Waals surface area contributed by atoms with Gasteiger partial charge in [-0.2, -0.15) is 0 Å². The number of hydrogen-bond donors (Lipinski definition) is 1. The molecule has 1 aliphatic heterocycles. The number of aromatic carboxylic acids is 1. The van der Waals surface area contributed by atoms with Crippen LogP contribution in [0.2, 0.25) is 5.02 Å². The lowest BCUT2D eigenvalue weighted by Crippen LogP contribution is -2.27. The Bertz CT molecular complexity index is 1280. The molecule has 1 fully saturated rings. The van der Waals surface area contributed by atoms with Gasteiger partial charge in [0.2, 0.25) is 5.76 Å². The minimum absolute atomic E-state index is 0.00652. The average Bonchev–Trinajstić information content (AvgIpc) is 3.40. The van der Waals surface area contributed by atoms with E-state index in [9.17, 15) is 14.4 Å². The van der Waals surface area contributed by atoms with E-state index in [4.69, 9.17) is 30.6 Å². The molecule has 1 aliphatic rings. The molecule has 10 heteroatoms. The second kappa shape index (κ2) is 10.1. The molecule has 0 unspecified atom stereocenters. The maximum absolute atomic E-state index is 12.8. The fourth-order valence-electron chi connectivity index (χ4n) is 3.17. The molecule has 1 N–H and O–H groups in total. The highest BCUT2D eigenvalue weighted by molar-refractivity contribution is 8.18. The third kappa shape index (κ3) is 5.27. The zero-order chi connectivity index (χ0) is 24.2. The average molecular weight is 500 g/mol. The van der Waals surface area contributed by atoms with Gasteiger partial charge >= 0.3 is 5.97 Å². The highest BCUT2D eigenvalue weighted by atomic mass is 35.5. The van der Waals surface area contributed by atoms with Crippen molar-refractivity contribution in [3.63, 3.8) is 0 Å². The summed E-state index contributed by atoms with van der Waals surface area (Å²) >= 11 is 6.76. The van der Waals surface area contributed by atoms with Crippen molar-refractivity contribution in [2.24, 2.45) is 0 Å². The Morgan fingerprint density at radius 1 is 1.12 bits per heavy atom. The van der Waals surface area contributed by atoms with Crippen LogP contribution in [0.15, 0.2) is 63.9 Å². The molecule has 2 amide bonds. The second-order valence-electron chi connectivity index (χ2n) is 7.16. The Morgan fingerprint density at radius 3 is 2.56 bits per heavy atom. The fourth-order valence-corrected chi connectivity index (χ4v) is 4.14. The summed E-state index contributed by atoms with van der Waals surface area (Å²) in [5.74, 6) is -0.561. The number of benzene rings is 2. The van der Waals surface area contributed by atoms with Gasteiger partial charge in [0.15, 0.2) is 11.5 Å². The number of hydrogen-bond acceptors (Lipinski definition) is 7. The van der Waals surface area contributed by atoms with E-state index in [0.717, 1.165) is 17.3 Å². The monoisotopic (exact) mass is 499 g/mol. The lowest BCUT2D eigenvalue weighted by Gasteiger charge is -2.12. The number of imide groups is 1. The first-order valence-corrected chi connectivity index (χ1v) is 11.2. The summed E-state index contributed by atoms with van der Waals surface area (Å²) in [5.41, 5.74) is 1.44. The van der Waals surface area contributed by atoms with Crippen molar-refractivity contribution in [3.05, 3.63) is 87.2 Å². The maximum Gasteiger partial charge on any atom is 0.371 e. The molecule has 0 bridgehead atoms. The first-order valence-electron chi connectivity index (χ1n) is 9.96. The Labute approximate surface area is 203 Å². The first kappa shape index (κ1) is 23.5. The number of carbonyl (C=O) groups is 3. The number of carbonyl (C=O) groups excluding carboxylic acids is 2. The number of thioether (sulfide) groups is 1. The molecule has 0 spiro atoms. The molecule has 1 aromatic heterocycles. The predicted molar refractivity (Wildman–Crippen MR) is 126 cm³/mol. The van der Waals surface area contributed by atoms with Gasteiger partial charge in [0.05, 0.1) is 18.6 Å². The summed E-state index contributed by atoms with van der Waals surface area (Å²) in [5, 5.41) is 9.16. The van der Waals surface area contributed by atoms with Gasteiger partial charge in [-0.25, -0.2) is 4.79 Å². The molecule has 0 atom stereocenters. The Hall–Kier alpha value is -3.69. The van der Waals surface area contributed by atoms with E-state index in [0.29, 0.717) is 32.8 Å². The minimum atomic E-state index is -1.16. The third-order valence-corrected chi connectivity index (χ3v) is 6.01. The number of ether oxygens (including phenoxy) is 2. The Balaban J connectivity index is 1.46. The quantitative estimate of drug-likeness (QED) is 0.407. The molecule has 0 saturated carbocycles. The van der Waals surface area contributed by atoms with Crippen molar-refractivity contribution >= 4 is 46.6 Å². The van der Waals surface area contributed by atoms with Crippen LogP contribution < -0.4 is 9.47 Å². The van der Waals surface area contributed by atoms with Crippen LogP contribution in [0.3, 0.4) is 0 Å². The van der Waals surface area contributed by atoms with Crippen LogP contribution in [0.4, 0.5) is 4.79 Å². The number of rotatable bonds is 8. The van der Waals surface area contributed by atoms with Gasteiger partial charge in [-0.3, -0.25) is 14.5 Å². The third-order valence-electron chi connectivity index (χ3n) is 4.86. The van der Waals surface area contributed by atoms with Gasteiger partial charge in [0.1, 0.15) is 12.4 Å². The van der Waals surface area contributed by atoms with Crippen molar-refractivity contribution in [1.29, 1.82) is 0 Å². The van der Waals surface area contributed by atoms with Crippen molar-refractivity contribution in [2.45, 2.75) is 13.2 Å². The van der Waals surface area contributed by atoms with Gasteiger partial charge in [-0.15, -0.1) is 0 Å². The zero-order valence-corrected chi connectivity index (χ0v) is 19.4. The van der Waals surface area contributed by atoms with Crippen LogP contribution in [0.1, 0.15) is 27.4 Å². The summed E-state index contributed by atoms with van der Waals surface area (Å²) in [6.07, 6.45) is 1.62. The molecule has 0 aliphatic carbocycles. The van der Waals surface area contributed by atoms with E-state index in [1.807, 2.05) is 0 Å². The number of halogens is 1. The zero-order valence-electron chi connectivity index (χ0n) is 17.8. The normalized spacial score (nSPS) is 14.6. The van der Waals surface area contributed by atoms with Crippen LogP contribution >= 0.6 is 23.4 Å². The van der Waals surface area contributed by atoms with Gasteiger partial charge in [0, 0.05) is 5.02 Å². The summed E-state index contributed by atoms with van der Waals surface area (Å²) in [6.45, 7) is 0.165. The highest BCUT2D eigenvalue weighted by Gasteiger charge is 2.35. The Kier molecular flexibility index (Phi) is 6.95. The van der Waals surface area contributed by atoms with Crippen LogP contribution in [0.25, 0.3) is 6.08 Å². The van der Waals surface area contributed by atoms with Gasteiger partial charge < -0.3 is 19.0 Å². The number of furan rings is 1. The lowest BCUT2D eigenvalue weighted by molar-refractivity contribution is -0.123. The minimum Gasteiger partial charge on any atom is -0.493 e.